The summed E-state index contributed by atoms with van der Waals surface area (Å²) >= 11 is 0. The van der Waals surface area contributed by atoms with E-state index in [1.54, 1.807) is 12.3 Å². The first kappa shape index (κ1) is 35.0. The first-order valence-electron chi connectivity index (χ1n) is 17.0. The number of Topliss-reactive ketones (excluding diaryl/α,β-unsaturated/α-hetero) is 1. The zero-order chi connectivity index (χ0) is 34.0. The van der Waals surface area contributed by atoms with Crippen LogP contribution in [0.1, 0.15) is 97.0 Å². The quantitative estimate of drug-likeness (QED) is 0.331. The van der Waals surface area contributed by atoms with Crippen molar-refractivity contribution in [3.8, 4) is 5.88 Å². The maximum atomic E-state index is 14.4. The fraction of sp³-hybridized carbons (Fsp3) is 0.686. The van der Waals surface area contributed by atoms with E-state index in [1.165, 1.54) is 4.90 Å². The van der Waals surface area contributed by atoms with Crippen molar-refractivity contribution >= 4 is 33.6 Å². The molecule has 0 unspecified atom stereocenters. The monoisotopic (exact) mass is 671 g/mol. The maximum Gasteiger partial charge on any atom is 0.306 e. The lowest BCUT2D eigenvalue weighted by Crippen LogP contribution is -2.48. The van der Waals surface area contributed by atoms with Gasteiger partial charge < -0.3 is 14.4 Å². The number of carbonyl (C=O) groups excluding carboxylic acids is 4. The largest absolute Gasteiger partial charge is 0.472 e. The number of nitrogens with zero attached hydrogens (tertiary/aromatic N) is 2. The van der Waals surface area contributed by atoms with Crippen molar-refractivity contribution in [2.45, 2.75) is 115 Å². The van der Waals surface area contributed by atoms with Crippen molar-refractivity contribution in [3.63, 3.8) is 0 Å². The second-order valence-corrected chi connectivity index (χ2v) is 16.8. The number of hydrogen-bond acceptors (Lipinski definition) is 9. The van der Waals surface area contributed by atoms with Crippen LogP contribution in [-0.2, 0) is 40.4 Å². The van der Waals surface area contributed by atoms with Gasteiger partial charge in [0.15, 0.2) is 5.78 Å². The Morgan fingerprint density at radius 3 is 2.55 bits per heavy atom. The van der Waals surface area contributed by atoms with E-state index >= 15 is 0 Å². The molecule has 0 spiro atoms. The van der Waals surface area contributed by atoms with Crippen LogP contribution in [0.2, 0.25) is 0 Å². The van der Waals surface area contributed by atoms with Crippen LogP contribution in [0.3, 0.4) is 0 Å². The van der Waals surface area contributed by atoms with Gasteiger partial charge in [0.05, 0.1) is 42.2 Å². The first-order chi connectivity index (χ1) is 22.2. The zero-order valence-corrected chi connectivity index (χ0v) is 28.7. The predicted octanol–water partition coefficient (Wildman–Crippen LogP) is 4.29. The Labute approximate surface area is 278 Å². The third-order valence-electron chi connectivity index (χ3n) is 10.2. The van der Waals surface area contributed by atoms with Crippen LogP contribution in [0.25, 0.3) is 0 Å². The van der Waals surface area contributed by atoms with E-state index in [9.17, 15) is 27.6 Å². The van der Waals surface area contributed by atoms with E-state index in [0.717, 1.165) is 44.1 Å². The van der Waals surface area contributed by atoms with Gasteiger partial charge in [-0.05, 0) is 55.9 Å². The summed E-state index contributed by atoms with van der Waals surface area (Å²) in [6.45, 7) is 9.86. The highest BCUT2D eigenvalue weighted by atomic mass is 32.2. The van der Waals surface area contributed by atoms with Crippen molar-refractivity contribution in [3.05, 3.63) is 36.5 Å². The van der Waals surface area contributed by atoms with Gasteiger partial charge in [-0.3, -0.25) is 23.9 Å². The van der Waals surface area contributed by atoms with Crippen LogP contribution >= 0.6 is 0 Å². The smallest absolute Gasteiger partial charge is 0.306 e. The van der Waals surface area contributed by atoms with Gasteiger partial charge in [0, 0.05) is 24.6 Å². The molecule has 1 aromatic heterocycles. The fourth-order valence-corrected chi connectivity index (χ4v) is 8.33. The van der Waals surface area contributed by atoms with Crippen LogP contribution in [0.15, 0.2) is 31.0 Å². The molecule has 5 atom stereocenters. The molecule has 1 N–H and O–H groups in total. The SMILES string of the molecule is C=C[C@@H]1C[C@]1(CC(=O)[C@@H]1C[C@@H]2CN1C(=O)[C@H](C(C)(C)C)CC(=O)OCCCCCCCc1cccnc1O2)C(=O)NS(=O)(=O)C1CC1. The number of allylic oxidation sites excluding steroid dienone is 1. The lowest BCUT2D eigenvalue weighted by atomic mass is 9.77. The Morgan fingerprint density at radius 1 is 1.15 bits per heavy atom. The van der Waals surface area contributed by atoms with E-state index in [-0.39, 0.29) is 43.4 Å². The molecule has 47 heavy (non-hydrogen) atoms. The van der Waals surface area contributed by atoms with Gasteiger partial charge in [-0.1, -0.05) is 52.2 Å². The minimum Gasteiger partial charge on any atom is -0.472 e. The number of ketones is 1. The normalized spacial score (nSPS) is 29.4. The van der Waals surface area contributed by atoms with E-state index in [1.807, 2.05) is 32.9 Å². The molecule has 2 bridgehead atoms. The molecular weight excluding hydrogens is 622 g/mol. The second-order valence-electron chi connectivity index (χ2n) is 14.8. The Balaban J connectivity index is 1.43. The molecular formula is C35H49N3O8S. The number of sulfonamides is 1. The highest BCUT2D eigenvalue weighted by Gasteiger charge is 2.61. The zero-order valence-electron chi connectivity index (χ0n) is 27.9. The van der Waals surface area contributed by atoms with Crippen molar-refractivity contribution in [1.82, 2.24) is 14.6 Å². The summed E-state index contributed by atoms with van der Waals surface area (Å²) < 4.78 is 39.5. The number of pyridine rings is 1. The molecule has 0 radical (unpaired) electrons. The molecule has 1 saturated heterocycles. The molecule has 2 saturated carbocycles. The van der Waals surface area contributed by atoms with Crippen molar-refractivity contribution in [1.29, 1.82) is 0 Å². The number of nitrogens with one attached hydrogen (secondary N) is 1. The first-order valence-corrected chi connectivity index (χ1v) is 18.6. The molecule has 2 amide bonds. The molecule has 5 rings (SSSR count). The lowest BCUT2D eigenvalue weighted by Gasteiger charge is -2.34. The number of rotatable bonds is 7. The summed E-state index contributed by atoms with van der Waals surface area (Å²) in [7, 11) is -3.82. The number of hydrogen-bond donors (Lipinski definition) is 1. The maximum absolute atomic E-state index is 14.4. The third-order valence-corrected chi connectivity index (χ3v) is 12.0. The number of amides is 2. The van der Waals surface area contributed by atoms with Crippen molar-refractivity contribution in [2.24, 2.45) is 22.7 Å². The van der Waals surface area contributed by atoms with Crippen molar-refractivity contribution in [2.75, 3.05) is 13.2 Å². The van der Waals surface area contributed by atoms with E-state index < -0.39 is 56.0 Å². The summed E-state index contributed by atoms with van der Waals surface area (Å²) in [5, 5.41) is -0.586. The van der Waals surface area contributed by atoms with Gasteiger partial charge in [-0.2, -0.15) is 0 Å². The molecule has 11 nitrogen and oxygen atoms in total. The number of aryl methyl sites for hydroxylation is 1. The van der Waals surface area contributed by atoms with Gasteiger partial charge in [0.2, 0.25) is 27.7 Å². The Hall–Kier alpha value is -3.28. The summed E-state index contributed by atoms with van der Waals surface area (Å²) in [6.07, 6.45) is 9.21. The van der Waals surface area contributed by atoms with E-state index in [4.69, 9.17) is 9.47 Å². The molecule has 1 aromatic rings. The number of esters is 1. The summed E-state index contributed by atoms with van der Waals surface area (Å²) in [5.41, 5.74) is -0.912. The Morgan fingerprint density at radius 2 is 1.87 bits per heavy atom. The van der Waals surface area contributed by atoms with Gasteiger partial charge in [-0.15, -0.1) is 6.58 Å². The Kier molecular flexibility index (Phi) is 10.5. The molecule has 258 valence electrons. The number of fused-ring (bicyclic) bond motifs is 3. The minimum absolute atomic E-state index is 0.104. The number of carbonyl (C=O) groups is 4. The number of cyclic esters (lactones) is 1. The number of aromatic nitrogens is 1. The van der Waals surface area contributed by atoms with E-state index in [2.05, 4.69) is 16.3 Å². The van der Waals surface area contributed by atoms with E-state index in [0.29, 0.717) is 31.7 Å². The van der Waals surface area contributed by atoms with Crippen LogP contribution in [0, 0.1) is 22.7 Å². The molecule has 2 aliphatic heterocycles. The third kappa shape index (κ3) is 8.24. The van der Waals surface area contributed by atoms with Gasteiger partial charge >= 0.3 is 5.97 Å². The minimum atomic E-state index is -3.82. The van der Waals surface area contributed by atoms with Crippen molar-refractivity contribution < 1.29 is 37.1 Å². The molecule has 4 aliphatic rings. The van der Waals surface area contributed by atoms with Crippen LogP contribution in [0.5, 0.6) is 5.88 Å². The standard InChI is InChI=1S/C35H49N3O8S/c1-5-24-20-35(24,33(42)37-47(43,44)26-14-15-26)21-29(39)28-18-25-22-38(28)32(41)27(34(2,3)4)19-30(40)45-17-10-8-6-7-9-12-23-13-11-16-36-31(23)46-25/h5,11,13,16,24-28H,1,6-10,12,14-15,17-22H2,2-4H3,(H,37,42)/t24-,25-,27-,28+,35-/m1/s1. The topological polar surface area (TPSA) is 149 Å². The fourth-order valence-electron chi connectivity index (χ4n) is 6.94. The summed E-state index contributed by atoms with van der Waals surface area (Å²) in [5.74, 6) is -2.51. The van der Waals surface area contributed by atoms with Crippen LogP contribution < -0.4 is 9.46 Å². The van der Waals surface area contributed by atoms with Crippen LogP contribution in [0.4, 0.5) is 0 Å². The molecule has 12 heteroatoms. The van der Waals surface area contributed by atoms with Gasteiger partial charge in [0.1, 0.15) is 6.10 Å². The summed E-state index contributed by atoms with van der Waals surface area (Å²) in [4.78, 5) is 61.0. The average molecular weight is 672 g/mol. The predicted molar refractivity (Wildman–Crippen MR) is 175 cm³/mol. The van der Waals surface area contributed by atoms with Gasteiger partial charge in [0.25, 0.3) is 0 Å². The molecule has 0 aromatic carbocycles. The molecule has 3 heterocycles. The Bertz CT molecular complexity index is 1480. The van der Waals surface area contributed by atoms with Gasteiger partial charge in [-0.25, -0.2) is 13.4 Å². The second kappa shape index (κ2) is 14.1. The van der Waals surface area contributed by atoms with Crippen LogP contribution in [-0.4, -0.2) is 72.4 Å². The molecule has 2 aliphatic carbocycles. The highest BCUT2D eigenvalue weighted by Crippen LogP contribution is 2.57. The number of ether oxygens (including phenoxy) is 2. The highest BCUT2D eigenvalue weighted by molar-refractivity contribution is 7.90. The average Bonchev–Trinajstić information content (AvgIpc) is 3.93. The summed E-state index contributed by atoms with van der Waals surface area (Å²) in [6, 6.07) is 2.92. The lowest BCUT2D eigenvalue weighted by molar-refractivity contribution is -0.153. The molecule has 3 fully saturated rings.